The largest absolute Gasteiger partial charge is 0.433 e. The molecule has 1 aromatic carbocycles. The summed E-state index contributed by atoms with van der Waals surface area (Å²) in [6, 6.07) is 6.75. The van der Waals surface area contributed by atoms with Crippen molar-refractivity contribution in [3.63, 3.8) is 0 Å². The lowest BCUT2D eigenvalue weighted by atomic mass is 10.1. The Balaban J connectivity index is 0.00000363. The molecule has 12 heteroatoms. The molecule has 182 valence electrons. The van der Waals surface area contributed by atoms with Gasteiger partial charge in [-0.05, 0) is 37.4 Å². The van der Waals surface area contributed by atoms with Crippen LogP contribution in [0.4, 0.5) is 27.6 Å². The van der Waals surface area contributed by atoms with Crippen molar-refractivity contribution in [2.45, 2.75) is 31.7 Å². The highest BCUT2D eigenvalue weighted by molar-refractivity contribution is 14.0. The van der Waals surface area contributed by atoms with Gasteiger partial charge in [0.25, 0.3) is 0 Å². The first-order chi connectivity index (χ1) is 14.7. The van der Waals surface area contributed by atoms with Crippen molar-refractivity contribution in [2.75, 3.05) is 51.2 Å². The van der Waals surface area contributed by atoms with E-state index in [1.807, 2.05) is 4.90 Å². The van der Waals surface area contributed by atoms with Crippen LogP contribution in [0, 0.1) is 5.92 Å². The third kappa shape index (κ3) is 8.09. The number of halogens is 6. The first-order valence-corrected chi connectivity index (χ1v) is 10.3. The van der Waals surface area contributed by atoms with E-state index in [1.165, 1.54) is 11.0 Å². The molecule has 0 radical (unpaired) electrons. The molecule has 1 aromatic rings. The number of nitrogens with zero attached hydrogens (tertiary/aromatic N) is 3. The van der Waals surface area contributed by atoms with Gasteiger partial charge in [-0.2, -0.15) is 22.0 Å². The van der Waals surface area contributed by atoms with Crippen molar-refractivity contribution in [1.29, 1.82) is 0 Å². The van der Waals surface area contributed by atoms with Crippen molar-refractivity contribution in [3.8, 4) is 5.75 Å². The maximum atomic E-state index is 12.7. The van der Waals surface area contributed by atoms with Crippen LogP contribution in [0.25, 0.3) is 0 Å². The Hall–Kier alpha value is -1.57. The van der Waals surface area contributed by atoms with Crippen molar-refractivity contribution in [3.05, 3.63) is 24.3 Å². The highest BCUT2D eigenvalue weighted by Gasteiger charge is 2.34. The van der Waals surface area contributed by atoms with Gasteiger partial charge >= 0.3 is 12.8 Å². The minimum absolute atomic E-state index is 0. The molecule has 32 heavy (non-hydrogen) atoms. The van der Waals surface area contributed by atoms with E-state index >= 15 is 0 Å². The second kappa shape index (κ2) is 12.1. The Bertz CT molecular complexity index is 751. The number of guanidine groups is 1. The second-order valence-electron chi connectivity index (χ2n) is 7.88. The molecule has 2 aliphatic heterocycles. The zero-order chi connectivity index (χ0) is 22.4. The molecular weight excluding hydrogens is 548 g/mol. The molecule has 2 heterocycles. The summed E-state index contributed by atoms with van der Waals surface area (Å²) in [4.78, 5) is 7.61. The summed E-state index contributed by atoms with van der Waals surface area (Å²) in [5.41, 5.74) is 0.616. The fourth-order valence-electron chi connectivity index (χ4n) is 4.12. The van der Waals surface area contributed by atoms with Crippen LogP contribution in [0.5, 0.6) is 5.75 Å². The standard InChI is InChI=1S/C20H28F5N5O.HI/c1-26-19(27-10-14-6-8-29(11-14)13-20(23,24)25)28-15-7-9-30(12-15)16-4-2-3-5-17(16)31-18(21)22;/h2-5,14-15,18H,6-13H2,1H3,(H2,26,27,28);1H. The number of benzene rings is 1. The number of rotatable bonds is 7. The molecule has 2 fully saturated rings. The lowest BCUT2D eigenvalue weighted by Gasteiger charge is -2.23. The Morgan fingerprint density at radius 1 is 1.19 bits per heavy atom. The highest BCUT2D eigenvalue weighted by Crippen LogP contribution is 2.31. The van der Waals surface area contributed by atoms with E-state index < -0.39 is 19.3 Å². The maximum absolute atomic E-state index is 12.7. The van der Waals surface area contributed by atoms with Gasteiger partial charge < -0.3 is 20.3 Å². The van der Waals surface area contributed by atoms with E-state index in [9.17, 15) is 22.0 Å². The summed E-state index contributed by atoms with van der Waals surface area (Å²) < 4.78 is 67.6. The third-order valence-electron chi connectivity index (χ3n) is 5.51. The topological polar surface area (TPSA) is 52.1 Å². The predicted molar refractivity (Wildman–Crippen MR) is 124 cm³/mol. The zero-order valence-electron chi connectivity index (χ0n) is 17.7. The molecule has 0 aromatic heterocycles. The number of ether oxygens (including phenoxy) is 1. The molecule has 2 saturated heterocycles. The van der Waals surface area contributed by atoms with Crippen molar-refractivity contribution in [1.82, 2.24) is 15.5 Å². The number of anilines is 1. The predicted octanol–water partition coefficient (Wildman–Crippen LogP) is 3.53. The minimum atomic E-state index is -4.17. The van der Waals surface area contributed by atoms with Crippen LogP contribution in [-0.2, 0) is 0 Å². The molecule has 0 amide bonds. The van der Waals surface area contributed by atoms with Crippen LogP contribution in [0.2, 0.25) is 0 Å². The van der Waals surface area contributed by atoms with Gasteiger partial charge in [0.05, 0.1) is 12.2 Å². The Labute approximate surface area is 201 Å². The van der Waals surface area contributed by atoms with Gasteiger partial charge in [-0.3, -0.25) is 9.89 Å². The second-order valence-corrected chi connectivity index (χ2v) is 7.88. The summed E-state index contributed by atoms with van der Waals surface area (Å²) in [5.74, 6) is 0.850. The molecule has 3 rings (SSSR count). The monoisotopic (exact) mass is 577 g/mol. The number of nitrogens with one attached hydrogen (secondary N) is 2. The van der Waals surface area contributed by atoms with Crippen LogP contribution in [-0.4, -0.2) is 76.0 Å². The first-order valence-electron chi connectivity index (χ1n) is 10.3. The van der Waals surface area contributed by atoms with Crippen LogP contribution in [0.1, 0.15) is 12.8 Å². The van der Waals surface area contributed by atoms with Gasteiger partial charge in [0.15, 0.2) is 5.96 Å². The van der Waals surface area contributed by atoms with Crippen LogP contribution in [0.3, 0.4) is 0 Å². The van der Waals surface area contributed by atoms with E-state index in [4.69, 9.17) is 0 Å². The van der Waals surface area contributed by atoms with E-state index in [0.717, 1.165) is 6.42 Å². The number of hydrogen-bond acceptors (Lipinski definition) is 4. The zero-order valence-corrected chi connectivity index (χ0v) is 20.1. The van der Waals surface area contributed by atoms with Gasteiger partial charge in [-0.1, -0.05) is 12.1 Å². The average Bonchev–Trinajstić information content (AvgIpc) is 3.33. The number of likely N-dealkylation sites (tertiary alicyclic amines) is 1. The molecule has 2 atom stereocenters. The first kappa shape index (κ1) is 26.7. The molecule has 6 nitrogen and oxygen atoms in total. The quantitative estimate of drug-likeness (QED) is 0.225. The summed E-state index contributed by atoms with van der Waals surface area (Å²) >= 11 is 0. The van der Waals surface area contributed by atoms with Gasteiger partial charge in [0, 0.05) is 39.3 Å². The van der Waals surface area contributed by atoms with Gasteiger partial charge in [-0.15, -0.1) is 24.0 Å². The van der Waals surface area contributed by atoms with E-state index in [0.29, 0.717) is 50.8 Å². The summed E-state index contributed by atoms with van der Waals surface area (Å²) in [6.45, 7) is -1.11. The Morgan fingerprint density at radius 3 is 2.62 bits per heavy atom. The van der Waals surface area contributed by atoms with Gasteiger partial charge in [0.1, 0.15) is 5.75 Å². The molecule has 2 unspecified atom stereocenters. The summed E-state index contributed by atoms with van der Waals surface area (Å²) in [6.07, 6.45) is -2.68. The minimum Gasteiger partial charge on any atom is -0.433 e. The Morgan fingerprint density at radius 2 is 1.94 bits per heavy atom. The van der Waals surface area contributed by atoms with E-state index in [1.54, 1.807) is 25.2 Å². The van der Waals surface area contributed by atoms with Crippen LogP contribution in [0.15, 0.2) is 29.3 Å². The van der Waals surface area contributed by atoms with Crippen molar-refractivity contribution in [2.24, 2.45) is 10.9 Å². The fourth-order valence-corrected chi connectivity index (χ4v) is 4.12. The smallest absolute Gasteiger partial charge is 0.401 e. The molecule has 0 aliphatic carbocycles. The van der Waals surface area contributed by atoms with E-state index in [2.05, 4.69) is 20.4 Å². The maximum Gasteiger partial charge on any atom is 0.401 e. The van der Waals surface area contributed by atoms with Crippen LogP contribution >= 0.6 is 24.0 Å². The number of alkyl halides is 5. The molecule has 2 N–H and O–H groups in total. The molecule has 2 aliphatic rings. The van der Waals surface area contributed by atoms with Gasteiger partial charge in [0.2, 0.25) is 0 Å². The summed E-state index contributed by atoms with van der Waals surface area (Å²) in [7, 11) is 1.64. The van der Waals surface area contributed by atoms with E-state index in [-0.39, 0.29) is 41.7 Å². The highest BCUT2D eigenvalue weighted by atomic mass is 127. The van der Waals surface area contributed by atoms with Crippen LogP contribution < -0.4 is 20.3 Å². The third-order valence-corrected chi connectivity index (χ3v) is 5.51. The lowest BCUT2D eigenvalue weighted by Crippen LogP contribution is -2.46. The average molecular weight is 577 g/mol. The number of aliphatic imine (C=N–C) groups is 1. The summed E-state index contributed by atoms with van der Waals surface area (Å²) in [5, 5.41) is 6.52. The molecule has 0 saturated carbocycles. The molecular formula is C20H29F5IN5O. The number of hydrogen-bond donors (Lipinski definition) is 2. The van der Waals surface area contributed by atoms with Crippen molar-refractivity contribution < 1.29 is 26.7 Å². The Kier molecular flexibility index (Phi) is 10.0. The molecule has 0 spiro atoms. The van der Waals surface area contributed by atoms with Crippen molar-refractivity contribution >= 4 is 35.6 Å². The molecule has 0 bridgehead atoms. The van der Waals surface area contributed by atoms with Gasteiger partial charge in [-0.25, -0.2) is 0 Å². The SMILES string of the molecule is CN=C(NCC1CCN(CC(F)(F)F)C1)NC1CCN(c2ccccc2OC(F)F)C1.I. The lowest BCUT2D eigenvalue weighted by molar-refractivity contribution is -0.143. The normalized spacial score (nSPS) is 22.2. The number of para-hydroxylation sites is 2. The fraction of sp³-hybridized carbons (Fsp3) is 0.650.